The second-order valence-electron chi connectivity index (χ2n) is 3.57. The molecular formula is C12H11Cl2NS. The molecule has 16 heavy (non-hydrogen) atoms. The van der Waals surface area contributed by atoms with Crippen molar-refractivity contribution in [2.45, 2.75) is 18.7 Å². The van der Waals surface area contributed by atoms with Gasteiger partial charge in [0.15, 0.2) is 0 Å². The van der Waals surface area contributed by atoms with Crippen molar-refractivity contribution in [2.24, 2.45) is 0 Å². The quantitative estimate of drug-likeness (QED) is 0.742. The average molecular weight is 272 g/mol. The predicted molar refractivity (Wildman–Crippen MR) is 70.6 cm³/mol. The van der Waals surface area contributed by atoms with Gasteiger partial charge in [-0.1, -0.05) is 17.7 Å². The number of nitrogens with zero attached hydrogens (tertiary/aromatic N) is 1. The second kappa shape index (κ2) is 5.17. The number of aryl methyl sites for hydroxylation is 1. The molecule has 2 heterocycles. The Morgan fingerprint density at radius 3 is 2.88 bits per heavy atom. The van der Waals surface area contributed by atoms with Gasteiger partial charge in [0.05, 0.1) is 10.4 Å². The van der Waals surface area contributed by atoms with Gasteiger partial charge in [-0.25, -0.2) is 0 Å². The maximum atomic E-state index is 6.35. The molecule has 0 saturated carbocycles. The van der Waals surface area contributed by atoms with Crippen molar-refractivity contribution < 1.29 is 0 Å². The van der Waals surface area contributed by atoms with Gasteiger partial charge < -0.3 is 0 Å². The number of aromatic nitrogens is 1. The maximum Gasteiger partial charge on any atom is 0.0748 e. The lowest BCUT2D eigenvalue weighted by Gasteiger charge is -2.09. The van der Waals surface area contributed by atoms with Crippen LogP contribution in [0, 0.1) is 6.92 Å². The number of alkyl halides is 1. The third-order valence-electron chi connectivity index (χ3n) is 2.42. The molecule has 0 N–H and O–H groups in total. The summed E-state index contributed by atoms with van der Waals surface area (Å²) < 4.78 is 0. The first-order chi connectivity index (χ1) is 7.68. The summed E-state index contributed by atoms with van der Waals surface area (Å²) in [5.41, 5.74) is 2.20. The summed E-state index contributed by atoms with van der Waals surface area (Å²) in [7, 11) is 0. The summed E-state index contributed by atoms with van der Waals surface area (Å²) in [5, 5.41) is 2.61. The van der Waals surface area contributed by atoms with E-state index in [0.29, 0.717) is 6.42 Å². The van der Waals surface area contributed by atoms with E-state index in [-0.39, 0.29) is 5.38 Å². The zero-order chi connectivity index (χ0) is 11.5. The monoisotopic (exact) mass is 271 g/mol. The lowest BCUT2D eigenvalue weighted by Crippen LogP contribution is -1.99. The van der Waals surface area contributed by atoms with Gasteiger partial charge >= 0.3 is 0 Å². The Kier molecular flexibility index (Phi) is 3.85. The van der Waals surface area contributed by atoms with Gasteiger partial charge in [0, 0.05) is 23.2 Å². The third-order valence-corrected chi connectivity index (χ3v) is 4.39. The Bertz CT molecular complexity index is 481. The molecule has 4 heteroatoms. The molecule has 0 aliphatic carbocycles. The van der Waals surface area contributed by atoms with Crippen LogP contribution in [0.4, 0.5) is 0 Å². The Morgan fingerprint density at radius 1 is 1.44 bits per heavy atom. The van der Waals surface area contributed by atoms with Crippen molar-refractivity contribution in [3.05, 3.63) is 50.9 Å². The van der Waals surface area contributed by atoms with Crippen molar-refractivity contribution in [1.29, 1.82) is 0 Å². The number of hydrogen-bond donors (Lipinski definition) is 0. The fourth-order valence-electron chi connectivity index (χ4n) is 1.52. The first-order valence-electron chi connectivity index (χ1n) is 4.96. The minimum Gasteiger partial charge on any atom is -0.261 e. The molecule has 0 aliphatic heterocycles. The van der Waals surface area contributed by atoms with E-state index in [4.69, 9.17) is 23.2 Å². The van der Waals surface area contributed by atoms with Crippen molar-refractivity contribution in [3.63, 3.8) is 0 Å². The molecule has 2 aromatic heterocycles. The normalized spacial score (nSPS) is 12.7. The summed E-state index contributed by atoms with van der Waals surface area (Å²) in [6, 6.07) is 5.85. The Hall–Kier alpha value is -0.570. The SMILES string of the molecule is Cc1cccnc1CC(Cl)c1sccc1Cl. The van der Waals surface area contributed by atoms with E-state index in [9.17, 15) is 0 Å². The molecule has 0 aliphatic rings. The molecule has 1 nitrogen and oxygen atoms in total. The standard InChI is InChI=1S/C12H11Cl2NS/c1-8-3-2-5-15-11(8)7-10(14)12-9(13)4-6-16-12/h2-6,10H,7H2,1H3. The van der Waals surface area contributed by atoms with E-state index in [0.717, 1.165) is 15.6 Å². The summed E-state index contributed by atoms with van der Waals surface area (Å²) >= 11 is 14.0. The van der Waals surface area contributed by atoms with Crippen molar-refractivity contribution in [1.82, 2.24) is 4.98 Å². The summed E-state index contributed by atoms with van der Waals surface area (Å²) in [5.74, 6) is 0. The summed E-state index contributed by atoms with van der Waals surface area (Å²) in [4.78, 5) is 5.36. The zero-order valence-corrected chi connectivity index (χ0v) is 11.1. The number of pyridine rings is 1. The largest absolute Gasteiger partial charge is 0.261 e. The zero-order valence-electron chi connectivity index (χ0n) is 8.78. The number of thiophene rings is 1. The molecule has 0 bridgehead atoms. The van der Waals surface area contributed by atoms with Crippen LogP contribution in [0.25, 0.3) is 0 Å². The van der Waals surface area contributed by atoms with Gasteiger partial charge in [-0.2, -0.15) is 0 Å². The highest BCUT2D eigenvalue weighted by atomic mass is 35.5. The van der Waals surface area contributed by atoms with E-state index in [1.807, 2.05) is 30.5 Å². The molecule has 0 radical (unpaired) electrons. The molecule has 0 saturated heterocycles. The molecule has 2 rings (SSSR count). The Labute approximate surface area is 109 Å². The smallest absolute Gasteiger partial charge is 0.0748 e. The molecule has 1 unspecified atom stereocenters. The van der Waals surface area contributed by atoms with E-state index >= 15 is 0 Å². The fraction of sp³-hybridized carbons (Fsp3) is 0.250. The third kappa shape index (κ3) is 2.57. The number of halogens is 2. The Balaban J connectivity index is 2.17. The molecular weight excluding hydrogens is 261 g/mol. The van der Waals surface area contributed by atoms with Gasteiger partial charge in [-0.15, -0.1) is 22.9 Å². The van der Waals surface area contributed by atoms with Gasteiger partial charge in [0.2, 0.25) is 0 Å². The fourth-order valence-corrected chi connectivity index (χ4v) is 3.16. The Morgan fingerprint density at radius 2 is 2.25 bits per heavy atom. The van der Waals surface area contributed by atoms with Crippen molar-refractivity contribution >= 4 is 34.5 Å². The highest BCUT2D eigenvalue weighted by Crippen LogP contribution is 2.34. The lowest BCUT2D eigenvalue weighted by molar-refractivity contribution is 0.884. The average Bonchev–Trinajstić information content (AvgIpc) is 2.68. The van der Waals surface area contributed by atoms with E-state index in [1.54, 1.807) is 17.5 Å². The van der Waals surface area contributed by atoms with Gasteiger partial charge in [0.25, 0.3) is 0 Å². The van der Waals surface area contributed by atoms with Crippen LogP contribution in [0.3, 0.4) is 0 Å². The van der Waals surface area contributed by atoms with Gasteiger partial charge in [-0.3, -0.25) is 4.98 Å². The molecule has 84 valence electrons. The van der Waals surface area contributed by atoms with Crippen LogP contribution in [-0.4, -0.2) is 4.98 Å². The van der Waals surface area contributed by atoms with Gasteiger partial charge in [0.1, 0.15) is 0 Å². The minimum atomic E-state index is -0.0962. The molecule has 0 spiro atoms. The summed E-state index contributed by atoms with van der Waals surface area (Å²) in [6.07, 6.45) is 2.51. The van der Waals surface area contributed by atoms with Crippen LogP contribution in [-0.2, 0) is 6.42 Å². The maximum absolute atomic E-state index is 6.35. The van der Waals surface area contributed by atoms with Crippen LogP contribution < -0.4 is 0 Å². The minimum absolute atomic E-state index is 0.0962. The van der Waals surface area contributed by atoms with Crippen molar-refractivity contribution in [2.75, 3.05) is 0 Å². The van der Waals surface area contributed by atoms with E-state index < -0.39 is 0 Å². The van der Waals surface area contributed by atoms with Crippen LogP contribution in [0.15, 0.2) is 29.8 Å². The first-order valence-corrected chi connectivity index (χ1v) is 6.65. The first kappa shape index (κ1) is 11.9. The topological polar surface area (TPSA) is 12.9 Å². The molecule has 2 aromatic rings. The van der Waals surface area contributed by atoms with E-state index in [2.05, 4.69) is 4.98 Å². The highest BCUT2D eigenvalue weighted by Gasteiger charge is 2.15. The predicted octanol–water partition coefficient (Wildman–Crippen LogP) is 4.63. The lowest BCUT2D eigenvalue weighted by atomic mass is 10.1. The molecule has 0 fully saturated rings. The molecule has 0 amide bonds. The van der Waals surface area contributed by atoms with Gasteiger partial charge in [-0.05, 0) is 30.0 Å². The number of rotatable bonds is 3. The van der Waals surface area contributed by atoms with Crippen molar-refractivity contribution in [3.8, 4) is 0 Å². The number of hydrogen-bond acceptors (Lipinski definition) is 2. The van der Waals surface area contributed by atoms with Crippen LogP contribution in [0.1, 0.15) is 21.5 Å². The van der Waals surface area contributed by atoms with Crippen LogP contribution in [0.2, 0.25) is 5.02 Å². The summed E-state index contributed by atoms with van der Waals surface area (Å²) in [6.45, 7) is 2.04. The van der Waals surface area contributed by atoms with Crippen LogP contribution in [0.5, 0.6) is 0 Å². The molecule has 0 aromatic carbocycles. The van der Waals surface area contributed by atoms with E-state index in [1.165, 1.54) is 5.56 Å². The highest BCUT2D eigenvalue weighted by molar-refractivity contribution is 7.11. The molecule has 1 atom stereocenters. The second-order valence-corrected chi connectivity index (χ2v) is 5.45. The van der Waals surface area contributed by atoms with Crippen LogP contribution >= 0.6 is 34.5 Å².